The topological polar surface area (TPSA) is 110 Å². The Hall–Kier alpha value is -3.37. The van der Waals surface area contributed by atoms with Gasteiger partial charge in [0.25, 0.3) is 5.95 Å². The number of amides is 1. The number of thioether (sulfide) groups is 1. The molecule has 0 spiro atoms. The van der Waals surface area contributed by atoms with Crippen molar-refractivity contribution in [1.29, 1.82) is 0 Å². The van der Waals surface area contributed by atoms with Gasteiger partial charge in [-0.05, 0) is 29.1 Å². The number of hydrogen-bond acceptors (Lipinski definition) is 7. The van der Waals surface area contributed by atoms with Crippen LogP contribution in [0.15, 0.2) is 81.5 Å². The van der Waals surface area contributed by atoms with E-state index in [1.807, 2.05) is 66.7 Å². The molecule has 156 valence electrons. The molecular weight excluding hydrogens is 478 g/mol. The number of hydrazone groups is 1. The minimum atomic E-state index is -0.160. The Bertz CT molecular complexity index is 1230. The van der Waals surface area contributed by atoms with E-state index in [4.69, 9.17) is 5.84 Å². The standard InChI is InChI=1S/C21H18BrN7OS/c22-16-10-8-14(9-11-16)12-24-26-20-27-28-21(29(20)23)31-13-19(30)25-18-7-3-5-15-4-1-2-6-17(15)18/h1-12H,13,23H2,(H,25,30)(H,26,27)/b24-12+. The van der Waals surface area contributed by atoms with Gasteiger partial charge < -0.3 is 11.2 Å². The van der Waals surface area contributed by atoms with Crippen LogP contribution in [0.1, 0.15) is 5.56 Å². The number of nitrogens with one attached hydrogen (secondary N) is 2. The number of anilines is 2. The van der Waals surface area contributed by atoms with E-state index in [1.165, 1.54) is 16.4 Å². The van der Waals surface area contributed by atoms with Crippen LogP contribution in [0.2, 0.25) is 0 Å². The van der Waals surface area contributed by atoms with Crippen molar-refractivity contribution in [2.45, 2.75) is 5.16 Å². The third kappa shape index (κ3) is 5.22. The summed E-state index contributed by atoms with van der Waals surface area (Å²) >= 11 is 4.57. The molecule has 0 aliphatic carbocycles. The molecule has 0 aliphatic heterocycles. The van der Waals surface area contributed by atoms with E-state index in [0.717, 1.165) is 26.5 Å². The largest absolute Gasteiger partial charge is 0.334 e. The Balaban J connectivity index is 1.34. The van der Waals surface area contributed by atoms with Gasteiger partial charge in [0.05, 0.1) is 12.0 Å². The van der Waals surface area contributed by atoms with Crippen molar-refractivity contribution in [2.75, 3.05) is 22.3 Å². The number of carbonyl (C=O) groups is 1. The minimum Gasteiger partial charge on any atom is -0.334 e. The zero-order chi connectivity index (χ0) is 21.6. The highest BCUT2D eigenvalue weighted by molar-refractivity contribution is 9.10. The Morgan fingerprint density at radius 2 is 1.87 bits per heavy atom. The van der Waals surface area contributed by atoms with E-state index in [1.54, 1.807) is 6.21 Å². The highest BCUT2D eigenvalue weighted by Crippen LogP contribution is 2.24. The van der Waals surface area contributed by atoms with Gasteiger partial charge in [-0.1, -0.05) is 76.2 Å². The maximum absolute atomic E-state index is 12.4. The second kappa shape index (κ2) is 9.63. The van der Waals surface area contributed by atoms with E-state index in [-0.39, 0.29) is 17.6 Å². The average Bonchev–Trinajstić information content (AvgIpc) is 3.13. The van der Waals surface area contributed by atoms with Gasteiger partial charge in [0.15, 0.2) is 0 Å². The molecule has 0 fully saturated rings. The molecule has 31 heavy (non-hydrogen) atoms. The maximum Gasteiger partial charge on any atom is 0.264 e. The van der Waals surface area contributed by atoms with Crippen LogP contribution in [-0.4, -0.2) is 32.7 Å². The predicted octanol–water partition coefficient (Wildman–Crippen LogP) is 4.08. The van der Waals surface area contributed by atoms with E-state index in [2.05, 4.69) is 42.0 Å². The normalized spacial score (nSPS) is 11.1. The molecule has 10 heteroatoms. The molecule has 1 amide bonds. The number of nitrogens with two attached hydrogens (primary N) is 1. The highest BCUT2D eigenvalue weighted by atomic mass is 79.9. The number of fused-ring (bicyclic) bond motifs is 1. The first-order valence-electron chi connectivity index (χ1n) is 9.26. The van der Waals surface area contributed by atoms with Gasteiger partial charge >= 0.3 is 0 Å². The van der Waals surface area contributed by atoms with Gasteiger partial charge in [-0.2, -0.15) is 5.10 Å². The van der Waals surface area contributed by atoms with Crippen LogP contribution in [0.25, 0.3) is 10.8 Å². The van der Waals surface area contributed by atoms with Crippen LogP contribution in [-0.2, 0) is 4.79 Å². The van der Waals surface area contributed by atoms with Crippen molar-refractivity contribution in [3.8, 4) is 0 Å². The third-order valence-corrected chi connectivity index (χ3v) is 5.78. The van der Waals surface area contributed by atoms with Gasteiger partial charge in [0.1, 0.15) is 0 Å². The summed E-state index contributed by atoms with van der Waals surface area (Å²) in [5.41, 5.74) is 4.43. The van der Waals surface area contributed by atoms with E-state index >= 15 is 0 Å². The van der Waals surface area contributed by atoms with Gasteiger partial charge in [-0.3, -0.25) is 4.79 Å². The van der Waals surface area contributed by atoms with Gasteiger partial charge in [0, 0.05) is 15.5 Å². The molecular formula is C21H18BrN7OS. The molecule has 0 radical (unpaired) electrons. The molecule has 0 saturated heterocycles. The highest BCUT2D eigenvalue weighted by Gasteiger charge is 2.12. The van der Waals surface area contributed by atoms with Gasteiger partial charge in [0.2, 0.25) is 11.1 Å². The molecule has 4 rings (SSSR count). The molecule has 8 nitrogen and oxygen atoms in total. The van der Waals surface area contributed by atoms with Crippen molar-refractivity contribution in [3.05, 3.63) is 76.8 Å². The lowest BCUT2D eigenvalue weighted by atomic mass is 10.1. The zero-order valence-electron chi connectivity index (χ0n) is 16.2. The molecule has 1 aromatic heterocycles. The second-order valence-electron chi connectivity index (χ2n) is 6.46. The van der Waals surface area contributed by atoms with Crippen LogP contribution in [0.5, 0.6) is 0 Å². The Kier molecular flexibility index (Phi) is 6.48. The number of carbonyl (C=O) groups excluding carboxylic acids is 1. The van der Waals surface area contributed by atoms with Crippen LogP contribution in [0, 0.1) is 0 Å². The fourth-order valence-electron chi connectivity index (χ4n) is 2.82. The van der Waals surface area contributed by atoms with Crippen LogP contribution >= 0.6 is 27.7 Å². The van der Waals surface area contributed by atoms with Crippen molar-refractivity contribution in [2.24, 2.45) is 5.10 Å². The van der Waals surface area contributed by atoms with Crippen LogP contribution in [0.4, 0.5) is 11.6 Å². The second-order valence-corrected chi connectivity index (χ2v) is 8.32. The number of rotatable bonds is 7. The average molecular weight is 496 g/mol. The SMILES string of the molecule is Nn1c(N/N=C/c2ccc(Br)cc2)nnc1SCC(=O)Nc1cccc2ccccc12. The van der Waals surface area contributed by atoms with Crippen molar-refractivity contribution in [3.63, 3.8) is 0 Å². The lowest BCUT2D eigenvalue weighted by molar-refractivity contribution is -0.113. The lowest BCUT2D eigenvalue weighted by Crippen LogP contribution is -2.17. The zero-order valence-corrected chi connectivity index (χ0v) is 18.6. The summed E-state index contributed by atoms with van der Waals surface area (Å²) in [5, 5.41) is 17.5. The smallest absolute Gasteiger partial charge is 0.264 e. The van der Waals surface area contributed by atoms with Crippen molar-refractivity contribution in [1.82, 2.24) is 14.9 Å². The summed E-state index contributed by atoms with van der Waals surface area (Å²) in [5.74, 6) is 6.26. The Morgan fingerprint density at radius 3 is 2.71 bits per heavy atom. The quantitative estimate of drug-likeness (QED) is 0.154. The monoisotopic (exact) mass is 495 g/mol. The molecule has 3 aromatic carbocycles. The first-order chi connectivity index (χ1) is 15.1. The molecule has 0 unspecified atom stereocenters. The summed E-state index contributed by atoms with van der Waals surface area (Å²) in [6.45, 7) is 0. The Morgan fingerprint density at radius 1 is 1.10 bits per heavy atom. The number of hydrogen-bond donors (Lipinski definition) is 3. The molecule has 0 bridgehead atoms. The van der Waals surface area contributed by atoms with E-state index in [0.29, 0.717) is 5.16 Å². The number of nitrogens with zero attached hydrogens (tertiary/aromatic N) is 4. The first kappa shape index (κ1) is 20.9. The van der Waals surface area contributed by atoms with Crippen molar-refractivity contribution < 1.29 is 4.79 Å². The van der Waals surface area contributed by atoms with Crippen LogP contribution in [0.3, 0.4) is 0 Å². The minimum absolute atomic E-state index is 0.140. The predicted molar refractivity (Wildman–Crippen MR) is 129 cm³/mol. The number of halogens is 1. The molecule has 4 aromatic rings. The fraction of sp³-hybridized carbons (Fsp3) is 0.0476. The summed E-state index contributed by atoms with van der Waals surface area (Å²) in [6.07, 6.45) is 1.64. The van der Waals surface area contributed by atoms with Crippen LogP contribution < -0.4 is 16.6 Å². The molecule has 0 aliphatic rings. The first-order valence-corrected chi connectivity index (χ1v) is 11.0. The van der Waals surface area contributed by atoms with E-state index in [9.17, 15) is 4.79 Å². The lowest BCUT2D eigenvalue weighted by Gasteiger charge is -2.08. The number of benzene rings is 3. The van der Waals surface area contributed by atoms with E-state index < -0.39 is 0 Å². The molecule has 0 atom stereocenters. The van der Waals surface area contributed by atoms with Crippen molar-refractivity contribution >= 4 is 62.2 Å². The van der Waals surface area contributed by atoms with Gasteiger partial charge in [-0.25, -0.2) is 10.1 Å². The molecule has 4 N–H and O–H groups in total. The summed E-state index contributed by atoms with van der Waals surface area (Å²) < 4.78 is 2.25. The Labute approximate surface area is 191 Å². The summed E-state index contributed by atoms with van der Waals surface area (Å²) in [6, 6.07) is 21.3. The number of nitrogen functional groups attached to an aromatic ring is 1. The molecule has 0 saturated carbocycles. The number of aromatic nitrogens is 3. The van der Waals surface area contributed by atoms with Gasteiger partial charge in [-0.15, -0.1) is 10.2 Å². The molecule has 1 heterocycles. The third-order valence-electron chi connectivity index (χ3n) is 4.31. The fourth-order valence-corrected chi connectivity index (χ4v) is 3.74. The summed E-state index contributed by atoms with van der Waals surface area (Å²) in [7, 11) is 0. The maximum atomic E-state index is 12.4. The summed E-state index contributed by atoms with van der Waals surface area (Å²) in [4.78, 5) is 12.4.